The van der Waals surface area contributed by atoms with Gasteiger partial charge in [0.2, 0.25) is 0 Å². The lowest BCUT2D eigenvalue weighted by Crippen LogP contribution is -2.00. The average Bonchev–Trinajstić information content (AvgIpc) is 2.27. The molecule has 1 rings (SSSR count). The summed E-state index contributed by atoms with van der Waals surface area (Å²) in [6, 6.07) is 5.79. The number of thioether (sulfide) groups is 1. The van der Waals surface area contributed by atoms with Gasteiger partial charge in [-0.1, -0.05) is 5.92 Å². The number of esters is 1. The largest absolute Gasteiger partial charge is 0.465 e. The molecule has 0 N–H and O–H groups in total. The van der Waals surface area contributed by atoms with Gasteiger partial charge in [-0.25, -0.2) is 4.79 Å². The number of methoxy groups -OCH3 is 1. The van der Waals surface area contributed by atoms with E-state index < -0.39 is 23.2 Å². The number of rotatable bonds is 1. The van der Waals surface area contributed by atoms with Gasteiger partial charge in [0.15, 0.2) is 0 Å². The van der Waals surface area contributed by atoms with Crippen molar-refractivity contribution in [2.24, 2.45) is 0 Å². The molecule has 0 aliphatic carbocycles. The van der Waals surface area contributed by atoms with Crippen molar-refractivity contribution in [1.82, 2.24) is 0 Å². The van der Waals surface area contributed by atoms with Crippen molar-refractivity contribution in [3.63, 3.8) is 0 Å². The summed E-state index contributed by atoms with van der Waals surface area (Å²) >= 11 is -0.409. The van der Waals surface area contributed by atoms with Gasteiger partial charge in [-0.2, -0.15) is 13.2 Å². The Morgan fingerprint density at radius 3 is 2.35 bits per heavy atom. The molecule has 0 bridgehead atoms. The Bertz CT molecular complexity index is 454. The van der Waals surface area contributed by atoms with Gasteiger partial charge in [-0.3, -0.25) is 0 Å². The molecule has 0 aliphatic heterocycles. The molecular weight excluding hydrogens is 253 g/mol. The molecule has 0 unspecified atom stereocenters. The molecule has 2 nitrogen and oxygen atoms in total. The summed E-state index contributed by atoms with van der Waals surface area (Å²) in [6.07, 6.45) is 0. The van der Waals surface area contributed by atoms with Crippen LogP contribution in [-0.2, 0) is 4.74 Å². The van der Waals surface area contributed by atoms with Crippen molar-refractivity contribution in [2.45, 2.75) is 5.51 Å². The Morgan fingerprint density at radius 2 is 1.88 bits per heavy atom. The lowest BCUT2D eigenvalue weighted by atomic mass is 10.1. The lowest BCUT2D eigenvalue weighted by molar-refractivity contribution is -0.0318. The number of alkyl halides is 3. The van der Waals surface area contributed by atoms with Gasteiger partial charge < -0.3 is 4.74 Å². The second-order valence-electron chi connectivity index (χ2n) is 2.84. The minimum absolute atomic E-state index is 0.321. The van der Waals surface area contributed by atoms with Crippen LogP contribution in [0.15, 0.2) is 24.3 Å². The molecule has 0 fully saturated rings. The maximum atomic E-state index is 11.8. The predicted molar refractivity (Wildman–Crippen MR) is 58.3 cm³/mol. The number of hydrogen-bond acceptors (Lipinski definition) is 3. The standard InChI is InChI=1S/C11H7F3O2S/c1-16-10(15)9-4-2-8(3-5-9)6-7-17-11(12,13)14/h2-5H,1H3. The molecule has 1 aromatic carbocycles. The molecule has 17 heavy (non-hydrogen) atoms. The molecule has 0 saturated heterocycles. The van der Waals surface area contributed by atoms with Crippen molar-refractivity contribution in [2.75, 3.05) is 7.11 Å². The van der Waals surface area contributed by atoms with Crippen LogP contribution in [0.3, 0.4) is 0 Å². The maximum Gasteiger partial charge on any atom is 0.453 e. The van der Waals surface area contributed by atoms with E-state index in [4.69, 9.17) is 0 Å². The van der Waals surface area contributed by atoms with Gasteiger partial charge in [0.1, 0.15) is 0 Å². The minimum Gasteiger partial charge on any atom is -0.465 e. The molecule has 90 valence electrons. The van der Waals surface area contributed by atoms with Gasteiger partial charge in [-0.15, -0.1) is 0 Å². The van der Waals surface area contributed by atoms with Gasteiger partial charge in [0.25, 0.3) is 0 Å². The summed E-state index contributed by atoms with van der Waals surface area (Å²) < 4.78 is 39.8. The number of carbonyl (C=O) groups is 1. The molecule has 0 aromatic heterocycles. The highest BCUT2D eigenvalue weighted by Crippen LogP contribution is 2.28. The highest BCUT2D eigenvalue weighted by molar-refractivity contribution is 8.04. The molecule has 0 spiro atoms. The summed E-state index contributed by atoms with van der Waals surface area (Å²) in [4.78, 5) is 11.1. The minimum atomic E-state index is -4.36. The van der Waals surface area contributed by atoms with E-state index in [1.54, 1.807) is 0 Å². The highest BCUT2D eigenvalue weighted by Gasteiger charge is 2.27. The highest BCUT2D eigenvalue weighted by atomic mass is 32.2. The Kier molecular flexibility index (Phi) is 4.46. The first kappa shape index (κ1) is 13.5. The molecular formula is C11H7F3O2S. The Labute approximate surface area is 100 Å². The van der Waals surface area contributed by atoms with Gasteiger partial charge in [-0.05, 0) is 29.5 Å². The predicted octanol–water partition coefficient (Wildman–Crippen LogP) is 3.04. The van der Waals surface area contributed by atoms with Crippen LogP contribution in [0.2, 0.25) is 0 Å². The van der Waals surface area contributed by atoms with Gasteiger partial charge in [0, 0.05) is 17.3 Å². The zero-order chi connectivity index (χ0) is 12.9. The fourth-order valence-corrected chi connectivity index (χ4v) is 1.23. The smallest absolute Gasteiger partial charge is 0.453 e. The Hall–Kier alpha value is -1.61. The molecule has 0 atom stereocenters. The van der Waals surface area contributed by atoms with Crippen molar-refractivity contribution in [1.29, 1.82) is 0 Å². The monoisotopic (exact) mass is 260 g/mol. The third-order valence-electron chi connectivity index (χ3n) is 1.67. The van der Waals surface area contributed by atoms with Crippen molar-refractivity contribution in [3.8, 4) is 11.2 Å². The van der Waals surface area contributed by atoms with Crippen molar-refractivity contribution >= 4 is 17.7 Å². The summed E-state index contributed by atoms with van der Waals surface area (Å²) in [6.45, 7) is 0. The maximum absolute atomic E-state index is 11.8. The van der Waals surface area contributed by atoms with E-state index in [0.29, 0.717) is 11.1 Å². The first-order valence-electron chi connectivity index (χ1n) is 4.36. The summed E-state index contributed by atoms with van der Waals surface area (Å²) in [5, 5.41) is 1.93. The second-order valence-corrected chi connectivity index (χ2v) is 3.71. The van der Waals surface area contributed by atoms with E-state index >= 15 is 0 Å². The molecule has 0 radical (unpaired) electrons. The van der Waals surface area contributed by atoms with E-state index in [1.165, 1.54) is 31.4 Å². The second kappa shape index (κ2) is 5.64. The van der Waals surface area contributed by atoms with Crippen LogP contribution < -0.4 is 0 Å². The Balaban J connectivity index is 2.72. The van der Waals surface area contributed by atoms with Crippen LogP contribution in [0.1, 0.15) is 15.9 Å². The summed E-state index contributed by atoms with van der Waals surface area (Å²) in [5.74, 6) is 1.82. The number of ether oxygens (including phenoxy) is 1. The van der Waals surface area contributed by atoms with Crippen molar-refractivity contribution in [3.05, 3.63) is 35.4 Å². The van der Waals surface area contributed by atoms with Crippen LogP contribution >= 0.6 is 11.8 Å². The van der Waals surface area contributed by atoms with Gasteiger partial charge >= 0.3 is 11.5 Å². The fraction of sp³-hybridized carbons (Fsp3) is 0.182. The third kappa shape index (κ3) is 4.83. The number of halogens is 3. The summed E-state index contributed by atoms with van der Waals surface area (Å²) in [5.41, 5.74) is -3.64. The number of carbonyl (C=O) groups excluding carboxylic acids is 1. The van der Waals surface area contributed by atoms with E-state index in [2.05, 4.69) is 10.7 Å². The summed E-state index contributed by atoms with van der Waals surface area (Å²) in [7, 11) is 1.25. The molecule has 0 aliphatic rings. The van der Waals surface area contributed by atoms with E-state index in [9.17, 15) is 18.0 Å². The van der Waals surface area contributed by atoms with Crippen LogP contribution in [0.4, 0.5) is 13.2 Å². The SMILES string of the molecule is COC(=O)c1ccc(C#CSC(F)(F)F)cc1. The third-order valence-corrected chi connectivity index (χ3v) is 2.10. The Morgan fingerprint density at radius 1 is 1.29 bits per heavy atom. The quantitative estimate of drug-likeness (QED) is 0.573. The number of benzene rings is 1. The molecule has 0 amide bonds. The topological polar surface area (TPSA) is 26.3 Å². The van der Waals surface area contributed by atoms with Crippen LogP contribution in [0.5, 0.6) is 0 Å². The molecule has 0 heterocycles. The van der Waals surface area contributed by atoms with Crippen molar-refractivity contribution < 1.29 is 22.7 Å². The first-order chi connectivity index (χ1) is 7.92. The van der Waals surface area contributed by atoms with Crippen LogP contribution in [0, 0.1) is 11.2 Å². The molecule has 1 aromatic rings. The number of hydrogen-bond donors (Lipinski definition) is 0. The normalized spacial score (nSPS) is 10.4. The van der Waals surface area contributed by atoms with Gasteiger partial charge in [0.05, 0.1) is 12.7 Å². The molecule has 6 heteroatoms. The average molecular weight is 260 g/mol. The zero-order valence-corrected chi connectivity index (χ0v) is 9.48. The fourth-order valence-electron chi connectivity index (χ4n) is 0.950. The van der Waals surface area contributed by atoms with E-state index in [1.807, 2.05) is 5.25 Å². The first-order valence-corrected chi connectivity index (χ1v) is 5.18. The van der Waals surface area contributed by atoms with Crippen LogP contribution in [-0.4, -0.2) is 18.6 Å². The van der Waals surface area contributed by atoms with E-state index in [-0.39, 0.29) is 0 Å². The van der Waals surface area contributed by atoms with Crippen LogP contribution in [0.25, 0.3) is 0 Å². The molecule has 0 saturated carbocycles. The lowest BCUT2D eigenvalue weighted by Gasteiger charge is -1.98. The zero-order valence-electron chi connectivity index (χ0n) is 8.67. The van der Waals surface area contributed by atoms with E-state index in [0.717, 1.165) is 0 Å².